The summed E-state index contributed by atoms with van der Waals surface area (Å²) >= 11 is 1.22. The smallest absolute Gasteiger partial charge is 0.258 e. The summed E-state index contributed by atoms with van der Waals surface area (Å²) in [6.45, 7) is 0. The van der Waals surface area contributed by atoms with E-state index in [0.29, 0.717) is 22.8 Å². The number of benzene rings is 2. The van der Waals surface area contributed by atoms with E-state index in [1.165, 1.54) is 32.9 Å². The molecule has 3 rings (SSSR count). The van der Waals surface area contributed by atoms with Crippen molar-refractivity contribution < 1.29 is 19.0 Å². The molecule has 0 radical (unpaired) electrons. The summed E-state index contributed by atoms with van der Waals surface area (Å²) < 4.78 is 20.0. The molecule has 0 aliphatic carbocycles. The van der Waals surface area contributed by atoms with Gasteiger partial charge in [-0.3, -0.25) is 10.1 Å². The van der Waals surface area contributed by atoms with Gasteiger partial charge < -0.3 is 14.2 Å². The number of ether oxygens (including phenoxy) is 3. The van der Waals surface area contributed by atoms with E-state index in [1.807, 2.05) is 30.3 Å². The van der Waals surface area contributed by atoms with Gasteiger partial charge in [-0.2, -0.15) is 9.36 Å². The van der Waals surface area contributed by atoms with Crippen molar-refractivity contribution in [2.75, 3.05) is 26.6 Å². The van der Waals surface area contributed by atoms with Crippen LogP contribution >= 0.6 is 11.5 Å². The molecule has 0 saturated carbocycles. The molecule has 8 heteroatoms. The molecule has 1 amide bonds. The predicted octanol–water partition coefficient (Wildman–Crippen LogP) is 3.48. The Morgan fingerprint density at radius 1 is 1.00 bits per heavy atom. The minimum Gasteiger partial charge on any atom is -0.493 e. The number of carbonyl (C=O) groups is 1. The average Bonchev–Trinajstić information content (AvgIpc) is 3.15. The molecular weight excluding hydrogens is 354 g/mol. The Morgan fingerprint density at radius 3 is 2.23 bits per heavy atom. The van der Waals surface area contributed by atoms with E-state index in [9.17, 15) is 4.79 Å². The van der Waals surface area contributed by atoms with Crippen LogP contribution in [0.15, 0.2) is 42.5 Å². The molecule has 3 aromatic rings. The summed E-state index contributed by atoms with van der Waals surface area (Å²) in [6, 6.07) is 12.8. The Kier molecular flexibility index (Phi) is 5.33. The number of anilines is 1. The van der Waals surface area contributed by atoms with Gasteiger partial charge in [-0.25, -0.2) is 0 Å². The first-order chi connectivity index (χ1) is 12.7. The lowest BCUT2D eigenvalue weighted by Crippen LogP contribution is -2.13. The van der Waals surface area contributed by atoms with Crippen LogP contribution in [0.3, 0.4) is 0 Å². The molecule has 0 aliphatic rings. The minimum absolute atomic E-state index is 0.243. The third kappa shape index (κ3) is 3.60. The molecule has 0 fully saturated rings. The van der Waals surface area contributed by atoms with E-state index in [1.54, 1.807) is 12.1 Å². The summed E-state index contributed by atoms with van der Waals surface area (Å²) in [5, 5.41) is 3.41. The van der Waals surface area contributed by atoms with Crippen molar-refractivity contribution in [3.8, 4) is 27.8 Å². The molecule has 0 spiro atoms. The normalized spacial score (nSPS) is 10.3. The standard InChI is InChI=1S/C18H17N3O4S/c1-23-13-9-12(10-14(24-2)15(13)25-3)16(22)19-18-20-17(26-21-18)11-7-5-4-6-8-11/h4-10H,1-3H3,(H,19,21,22). The van der Waals surface area contributed by atoms with Crippen molar-refractivity contribution in [1.82, 2.24) is 9.36 Å². The van der Waals surface area contributed by atoms with Crippen LogP contribution in [0, 0.1) is 0 Å². The van der Waals surface area contributed by atoms with Gasteiger partial charge in [-0.15, -0.1) is 0 Å². The SMILES string of the molecule is COc1cc(C(=O)Nc2nsc(-c3ccccc3)n2)cc(OC)c1OC. The number of nitrogens with zero attached hydrogens (tertiary/aromatic N) is 2. The van der Waals surface area contributed by atoms with Crippen LogP contribution in [0.4, 0.5) is 5.95 Å². The first-order valence-electron chi connectivity index (χ1n) is 7.66. The summed E-state index contributed by atoms with van der Waals surface area (Å²) in [5.41, 5.74) is 1.29. The van der Waals surface area contributed by atoms with Crippen LogP contribution in [0.1, 0.15) is 10.4 Å². The summed E-state index contributed by atoms with van der Waals surface area (Å²) in [6.07, 6.45) is 0. The van der Waals surface area contributed by atoms with E-state index in [2.05, 4.69) is 14.7 Å². The van der Waals surface area contributed by atoms with Crippen LogP contribution in [0.25, 0.3) is 10.6 Å². The van der Waals surface area contributed by atoms with Crippen LogP contribution in [-0.2, 0) is 0 Å². The maximum absolute atomic E-state index is 12.6. The van der Waals surface area contributed by atoms with Gasteiger partial charge in [0.15, 0.2) is 11.5 Å². The highest BCUT2D eigenvalue weighted by atomic mass is 32.1. The number of aromatic nitrogens is 2. The van der Waals surface area contributed by atoms with Crippen molar-refractivity contribution in [2.45, 2.75) is 0 Å². The maximum atomic E-state index is 12.6. The third-order valence-electron chi connectivity index (χ3n) is 3.60. The van der Waals surface area contributed by atoms with Crippen LogP contribution in [0.5, 0.6) is 17.2 Å². The zero-order chi connectivity index (χ0) is 18.5. The van der Waals surface area contributed by atoms with Gasteiger partial charge in [0.25, 0.3) is 5.91 Å². The lowest BCUT2D eigenvalue weighted by atomic mass is 10.1. The molecule has 2 aromatic carbocycles. The van der Waals surface area contributed by atoms with Gasteiger partial charge in [0.05, 0.1) is 21.3 Å². The molecule has 0 bridgehead atoms. The molecule has 0 saturated heterocycles. The molecular formula is C18H17N3O4S. The zero-order valence-corrected chi connectivity index (χ0v) is 15.3. The number of hydrogen-bond acceptors (Lipinski definition) is 7. The molecule has 0 aliphatic heterocycles. The lowest BCUT2D eigenvalue weighted by Gasteiger charge is -2.13. The Morgan fingerprint density at radius 2 is 1.65 bits per heavy atom. The van der Waals surface area contributed by atoms with Crippen LogP contribution in [-0.4, -0.2) is 36.6 Å². The summed E-state index contributed by atoms with van der Waals surface area (Å²) in [7, 11) is 4.49. The Balaban J connectivity index is 1.83. The van der Waals surface area contributed by atoms with Crippen molar-refractivity contribution in [3.63, 3.8) is 0 Å². The Labute approximate surface area is 154 Å². The average molecular weight is 371 g/mol. The van der Waals surface area contributed by atoms with Crippen LogP contribution in [0.2, 0.25) is 0 Å². The molecule has 0 atom stereocenters. The predicted molar refractivity (Wildman–Crippen MR) is 99.4 cm³/mol. The monoisotopic (exact) mass is 371 g/mol. The number of nitrogens with one attached hydrogen (secondary N) is 1. The van der Waals surface area contributed by atoms with Gasteiger partial charge in [0, 0.05) is 11.1 Å². The number of methoxy groups -OCH3 is 3. The van der Waals surface area contributed by atoms with Crippen LogP contribution < -0.4 is 19.5 Å². The fourth-order valence-corrected chi connectivity index (χ4v) is 2.99. The van der Waals surface area contributed by atoms with Crippen molar-refractivity contribution >= 4 is 23.4 Å². The number of amides is 1. The van der Waals surface area contributed by atoms with E-state index in [-0.39, 0.29) is 11.9 Å². The van der Waals surface area contributed by atoms with Crippen molar-refractivity contribution in [2.24, 2.45) is 0 Å². The topological polar surface area (TPSA) is 82.6 Å². The van der Waals surface area contributed by atoms with Crippen molar-refractivity contribution in [3.05, 3.63) is 48.0 Å². The lowest BCUT2D eigenvalue weighted by molar-refractivity contribution is 0.102. The van der Waals surface area contributed by atoms with Crippen molar-refractivity contribution in [1.29, 1.82) is 0 Å². The molecule has 1 N–H and O–H groups in total. The minimum atomic E-state index is -0.373. The quantitative estimate of drug-likeness (QED) is 0.714. The molecule has 134 valence electrons. The maximum Gasteiger partial charge on any atom is 0.258 e. The number of hydrogen-bond donors (Lipinski definition) is 1. The summed E-state index contributed by atoms with van der Waals surface area (Å²) in [4.78, 5) is 16.9. The number of rotatable bonds is 6. The highest BCUT2D eigenvalue weighted by molar-refractivity contribution is 7.09. The molecule has 7 nitrogen and oxygen atoms in total. The van der Waals surface area contributed by atoms with Gasteiger partial charge in [0.2, 0.25) is 11.7 Å². The van der Waals surface area contributed by atoms with E-state index in [4.69, 9.17) is 14.2 Å². The first-order valence-corrected chi connectivity index (χ1v) is 8.44. The fourth-order valence-electron chi connectivity index (χ4n) is 2.36. The Hall–Kier alpha value is -3.13. The second-order valence-electron chi connectivity index (χ2n) is 5.16. The highest BCUT2D eigenvalue weighted by Crippen LogP contribution is 2.38. The van der Waals surface area contributed by atoms with Gasteiger partial charge in [0.1, 0.15) is 5.01 Å². The molecule has 26 heavy (non-hydrogen) atoms. The molecule has 0 unspecified atom stereocenters. The second kappa shape index (κ2) is 7.83. The highest BCUT2D eigenvalue weighted by Gasteiger charge is 2.18. The zero-order valence-electron chi connectivity index (χ0n) is 14.5. The van der Waals surface area contributed by atoms with E-state index in [0.717, 1.165) is 10.6 Å². The number of carbonyl (C=O) groups excluding carboxylic acids is 1. The van der Waals surface area contributed by atoms with Gasteiger partial charge >= 0.3 is 0 Å². The first kappa shape index (κ1) is 17.7. The molecule has 1 heterocycles. The summed E-state index contributed by atoms with van der Waals surface area (Å²) in [5.74, 6) is 1.08. The largest absolute Gasteiger partial charge is 0.493 e. The van der Waals surface area contributed by atoms with Gasteiger partial charge in [-0.05, 0) is 23.7 Å². The van der Waals surface area contributed by atoms with E-state index < -0.39 is 0 Å². The molecule has 1 aromatic heterocycles. The second-order valence-corrected chi connectivity index (χ2v) is 5.91. The third-order valence-corrected chi connectivity index (χ3v) is 4.36. The van der Waals surface area contributed by atoms with Gasteiger partial charge in [-0.1, -0.05) is 30.3 Å². The Bertz CT molecular complexity index is 887. The fraction of sp³-hybridized carbons (Fsp3) is 0.167. The van der Waals surface area contributed by atoms with E-state index >= 15 is 0 Å².